The molecule has 0 radical (unpaired) electrons. The van der Waals surface area contributed by atoms with E-state index in [4.69, 9.17) is 5.73 Å². The standard InChI is InChI=1S/C7H12IN3/c1-5(2)11-7(8)3-6(4-9)10-11/h3,5H,4,9H2,1-2H3. The molecule has 62 valence electrons. The zero-order chi connectivity index (χ0) is 8.43. The van der Waals surface area contributed by atoms with Gasteiger partial charge in [0.1, 0.15) is 0 Å². The fourth-order valence-corrected chi connectivity index (χ4v) is 1.90. The van der Waals surface area contributed by atoms with Crippen molar-refractivity contribution in [1.29, 1.82) is 0 Å². The Morgan fingerprint density at radius 3 is 2.64 bits per heavy atom. The maximum atomic E-state index is 5.45. The molecule has 0 aliphatic carbocycles. The Bertz CT molecular complexity index is 242. The number of hydrogen-bond donors (Lipinski definition) is 1. The van der Waals surface area contributed by atoms with E-state index >= 15 is 0 Å². The van der Waals surface area contributed by atoms with E-state index < -0.39 is 0 Å². The molecule has 0 atom stereocenters. The van der Waals surface area contributed by atoms with Crippen LogP contribution in [-0.4, -0.2) is 9.78 Å². The van der Waals surface area contributed by atoms with Crippen LogP contribution in [0.3, 0.4) is 0 Å². The molecule has 0 aromatic carbocycles. The molecular weight excluding hydrogens is 253 g/mol. The fourth-order valence-electron chi connectivity index (χ4n) is 0.881. The van der Waals surface area contributed by atoms with Gasteiger partial charge >= 0.3 is 0 Å². The van der Waals surface area contributed by atoms with Crippen LogP contribution in [0.5, 0.6) is 0 Å². The van der Waals surface area contributed by atoms with E-state index in [2.05, 4.69) is 41.5 Å². The molecule has 0 aliphatic heterocycles. The highest BCUT2D eigenvalue weighted by Gasteiger charge is 2.05. The second-order valence-corrected chi connectivity index (χ2v) is 3.81. The third kappa shape index (κ3) is 1.93. The van der Waals surface area contributed by atoms with Gasteiger partial charge in [-0.2, -0.15) is 5.10 Å². The van der Waals surface area contributed by atoms with Crippen molar-refractivity contribution < 1.29 is 0 Å². The van der Waals surface area contributed by atoms with Crippen molar-refractivity contribution >= 4 is 22.6 Å². The molecule has 4 heteroatoms. The number of rotatable bonds is 2. The van der Waals surface area contributed by atoms with Gasteiger partial charge in [0.2, 0.25) is 0 Å². The molecule has 0 aliphatic rings. The second-order valence-electron chi connectivity index (χ2n) is 2.70. The number of halogens is 1. The van der Waals surface area contributed by atoms with Gasteiger partial charge in [-0.1, -0.05) is 0 Å². The lowest BCUT2D eigenvalue weighted by Gasteiger charge is -2.05. The largest absolute Gasteiger partial charge is 0.325 e. The highest BCUT2D eigenvalue weighted by Crippen LogP contribution is 2.12. The normalized spacial score (nSPS) is 11.0. The van der Waals surface area contributed by atoms with Gasteiger partial charge in [0.25, 0.3) is 0 Å². The lowest BCUT2D eigenvalue weighted by Crippen LogP contribution is -2.06. The maximum Gasteiger partial charge on any atom is 0.0995 e. The van der Waals surface area contributed by atoms with E-state index in [0.717, 1.165) is 9.39 Å². The molecule has 0 saturated heterocycles. The molecule has 0 bridgehead atoms. The van der Waals surface area contributed by atoms with Crippen molar-refractivity contribution in [1.82, 2.24) is 9.78 Å². The van der Waals surface area contributed by atoms with E-state index in [9.17, 15) is 0 Å². The van der Waals surface area contributed by atoms with Crippen molar-refractivity contribution in [3.05, 3.63) is 15.5 Å². The Kier molecular flexibility index (Phi) is 2.89. The van der Waals surface area contributed by atoms with Crippen LogP contribution in [0.4, 0.5) is 0 Å². The molecular formula is C7H12IN3. The van der Waals surface area contributed by atoms with Crippen LogP contribution < -0.4 is 5.73 Å². The third-order valence-electron chi connectivity index (χ3n) is 1.44. The summed E-state index contributed by atoms with van der Waals surface area (Å²) in [4.78, 5) is 0. The molecule has 0 spiro atoms. The van der Waals surface area contributed by atoms with Crippen LogP contribution in [0.15, 0.2) is 6.07 Å². The summed E-state index contributed by atoms with van der Waals surface area (Å²) < 4.78 is 3.13. The van der Waals surface area contributed by atoms with Crippen LogP contribution in [0, 0.1) is 3.70 Å². The molecule has 3 nitrogen and oxygen atoms in total. The number of nitrogens with zero attached hydrogens (tertiary/aromatic N) is 2. The van der Waals surface area contributed by atoms with Gasteiger partial charge in [0.15, 0.2) is 0 Å². The molecule has 0 fully saturated rings. The summed E-state index contributed by atoms with van der Waals surface area (Å²) >= 11 is 2.26. The van der Waals surface area contributed by atoms with Gasteiger partial charge < -0.3 is 5.73 Å². The zero-order valence-electron chi connectivity index (χ0n) is 6.71. The van der Waals surface area contributed by atoms with Gasteiger partial charge in [-0.25, -0.2) is 0 Å². The smallest absolute Gasteiger partial charge is 0.0995 e. The Morgan fingerprint density at radius 2 is 2.36 bits per heavy atom. The number of nitrogens with two attached hydrogens (primary N) is 1. The molecule has 0 saturated carbocycles. The van der Waals surface area contributed by atoms with Crippen LogP contribution in [-0.2, 0) is 6.54 Å². The van der Waals surface area contributed by atoms with Gasteiger partial charge in [0.05, 0.1) is 9.39 Å². The Hall–Kier alpha value is -0.100. The van der Waals surface area contributed by atoms with Crippen LogP contribution in [0.2, 0.25) is 0 Å². The average Bonchev–Trinajstić information content (AvgIpc) is 2.30. The monoisotopic (exact) mass is 265 g/mol. The van der Waals surface area contributed by atoms with Gasteiger partial charge in [-0.05, 0) is 42.5 Å². The third-order valence-corrected chi connectivity index (χ3v) is 2.24. The molecule has 0 amide bonds. The first-order chi connectivity index (χ1) is 5.15. The second kappa shape index (κ2) is 3.53. The lowest BCUT2D eigenvalue weighted by molar-refractivity contribution is 0.515. The average molecular weight is 265 g/mol. The predicted octanol–water partition coefficient (Wildman–Crippen LogP) is 1.53. The fraction of sp³-hybridized carbons (Fsp3) is 0.571. The van der Waals surface area contributed by atoms with Gasteiger partial charge in [-0.3, -0.25) is 4.68 Å². The van der Waals surface area contributed by atoms with Gasteiger partial charge in [0, 0.05) is 12.6 Å². The SMILES string of the molecule is CC(C)n1nc(CN)cc1I. The summed E-state index contributed by atoms with van der Waals surface area (Å²) in [5.41, 5.74) is 6.41. The summed E-state index contributed by atoms with van der Waals surface area (Å²) in [7, 11) is 0. The predicted molar refractivity (Wildman–Crippen MR) is 53.2 cm³/mol. The van der Waals surface area contributed by atoms with Crippen LogP contribution in [0.1, 0.15) is 25.6 Å². The number of hydrogen-bond acceptors (Lipinski definition) is 2. The molecule has 11 heavy (non-hydrogen) atoms. The Morgan fingerprint density at radius 1 is 1.73 bits per heavy atom. The molecule has 1 rings (SSSR count). The van der Waals surface area contributed by atoms with Crippen LogP contribution in [0.25, 0.3) is 0 Å². The summed E-state index contributed by atoms with van der Waals surface area (Å²) in [5.74, 6) is 0. The first-order valence-electron chi connectivity index (χ1n) is 3.59. The van der Waals surface area contributed by atoms with Crippen molar-refractivity contribution in [2.75, 3.05) is 0 Å². The van der Waals surface area contributed by atoms with Crippen molar-refractivity contribution in [3.8, 4) is 0 Å². The highest BCUT2D eigenvalue weighted by atomic mass is 127. The first-order valence-corrected chi connectivity index (χ1v) is 4.67. The summed E-state index contributed by atoms with van der Waals surface area (Å²) in [6.45, 7) is 4.74. The lowest BCUT2D eigenvalue weighted by atomic mass is 10.4. The van der Waals surface area contributed by atoms with E-state index in [0.29, 0.717) is 12.6 Å². The van der Waals surface area contributed by atoms with Crippen molar-refractivity contribution in [2.45, 2.75) is 26.4 Å². The first kappa shape index (κ1) is 8.99. The van der Waals surface area contributed by atoms with Gasteiger partial charge in [-0.15, -0.1) is 0 Å². The number of aromatic nitrogens is 2. The minimum absolute atomic E-state index is 0.419. The summed E-state index contributed by atoms with van der Waals surface area (Å²) in [5, 5.41) is 4.31. The Labute approximate surface area is 80.1 Å². The molecule has 1 heterocycles. The molecule has 2 N–H and O–H groups in total. The summed E-state index contributed by atoms with van der Waals surface area (Å²) in [6.07, 6.45) is 0. The highest BCUT2D eigenvalue weighted by molar-refractivity contribution is 14.1. The van der Waals surface area contributed by atoms with E-state index in [1.807, 2.05) is 10.7 Å². The van der Waals surface area contributed by atoms with E-state index in [-0.39, 0.29) is 0 Å². The minimum Gasteiger partial charge on any atom is -0.325 e. The summed E-state index contributed by atoms with van der Waals surface area (Å²) in [6, 6.07) is 2.43. The van der Waals surface area contributed by atoms with E-state index in [1.54, 1.807) is 0 Å². The molecule has 0 unspecified atom stereocenters. The van der Waals surface area contributed by atoms with Crippen LogP contribution >= 0.6 is 22.6 Å². The molecule has 1 aromatic heterocycles. The zero-order valence-corrected chi connectivity index (χ0v) is 8.87. The minimum atomic E-state index is 0.419. The topological polar surface area (TPSA) is 43.8 Å². The quantitative estimate of drug-likeness (QED) is 0.824. The van der Waals surface area contributed by atoms with E-state index in [1.165, 1.54) is 0 Å². The molecule has 1 aromatic rings. The van der Waals surface area contributed by atoms with Crippen molar-refractivity contribution in [2.24, 2.45) is 5.73 Å². The Balaban J connectivity index is 2.97. The van der Waals surface area contributed by atoms with Crippen molar-refractivity contribution in [3.63, 3.8) is 0 Å². The maximum absolute atomic E-state index is 5.45.